The standard InChI is InChI=1S/C28H32N6O2/c1-19(30-26-24-23(12-9-17-29-24)28(36)34(5)31-26)25(32(2)3)21-13-15-22(16-14-21)27(35)33(4)18-20-10-7-6-8-11-20/h6-17,19,25H,18H2,1-5H3,(H,30,31)/t19-,25+/m0/s1. The van der Waals surface area contributed by atoms with E-state index in [4.69, 9.17) is 0 Å². The Bertz CT molecular complexity index is 1400. The molecule has 4 rings (SSSR count). The molecule has 8 nitrogen and oxygen atoms in total. The van der Waals surface area contributed by atoms with Gasteiger partial charge in [0.1, 0.15) is 5.52 Å². The maximum absolute atomic E-state index is 13.0. The molecule has 2 atom stereocenters. The predicted octanol–water partition coefficient (Wildman–Crippen LogP) is 3.70. The van der Waals surface area contributed by atoms with Gasteiger partial charge in [0.15, 0.2) is 5.82 Å². The van der Waals surface area contributed by atoms with Crippen molar-refractivity contribution < 1.29 is 4.79 Å². The van der Waals surface area contributed by atoms with Gasteiger partial charge in [0.25, 0.3) is 11.5 Å². The van der Waals surface area contributed by atoms with E-state index in [0.29, 0.717) is 28.8 Å². The second-order valence-electron chi connectivity index (χ2n) is 9.29. The summed E-state index contributed by atoms with van der Waals surface area (Å²) in [5.74, 6) is 0.534. The van der Waals surface area contributed by atoms with E-state index in [1.165, 1.54) is 4.68 Å². The lowest BCUT2D eigenvalue weighted by Gasteiger charge is -2.31. The van der Waals surface area contributed by atoms with Crippen molar-refractivity contribution in [2.24, 2.45) is 7.05 Å². The Hall–Kier alpha value is -4.04. The molecular weight excluding hydrogens is 452 g/mol. The molecule has 2 heterocycles. The molecular formula is C28H32N6O2. The summed E-state index contributed by atoms with van der Waals surface area (Å²) in [6.45, 7) is 2.62. The van der Waals surface area contributed by atoms with E-state index in [0.717, 1.165) is 11.1 Å². The number of aryl methyl sites for hydroxylation is 1. The minimum absolute atomic E-state index is 0.0194. The Balaban J connectivity index is 1.54. The minimum Gasteiger partial charge on any atom is -0.362 e. The van der Waals surface area contributed by atoms with Crippen LogP contribution in [0.15, 0.2) is 77.7 Å². The Morgan fingerprint density at radius 1 is 1.00 bits per heavy atom. The zero-order valence-corrected chi connectivity index (χ0v) is 21.3. The molecule has 0 unspecified atom stereocenters. The molecule has 0 fully saturated rings. The van der Waals surface area contributed by atoms with Crippen LogP contribution in [0.2, 0.25) is 0 Å². The van der Waals surface area contributed by atoms with Crippen LogP contribution in [0.4, 0.5) is 5.82 Å². The summed E-state index contributed by atoms with van der Waals surface area (Å²) in [7, 11) is 7.48. The van der Waals surface area contributed by atoms with Gasteiger partial charge in [-0.2, -0.15) is 5.10 Å². The van der Waals surface area contributed by atoms with E-state index in [1.54, 1.807) is 30.3 Å². The van der Waals surface area contributed by atoms with Crippen LogP contribution in [0, 0.1) is 0 Å². The van der Waals surface area contributed by atoms with Crippen LogP contribution in [0.1, 0.15) is 34.5 Å². The van der Waals surface area contributed by atoms with E-state index in [9.17, 15) is 9.59 Å². The SMILES string of the molecule is C[C@H](Nc1nn(C)c(=O)c2cccnc12)[C@H](c1ccc(C(=O)N(C)Cc2ccccc2)cc1)N(C)C. The van der Waals surface area contributed by atoms with Crippen molar-refractivity contribution in [2.45, 2.75) is 25.6 Å². The summed E-state index contributed by atoms with van der Waals surface area (Å²) >= 11 is 0. The van der Waals surface area contributed by atoms with Gasteiger partial charge in [-0.1, -0.05) is 42.5 Å². The van der Waals surface area contributed by atoms with Crippen molar-refractivity contribution in [2.75, 3.05) is 26.5 Å². The molecule has 36 heavy (non-hydrogen) atoms. The molecule has 0 aliphatic carbocycles. The normalized spacial score (nSPS) is 12.9. The van der Waals surface area contributed by atoms with Crippen molar-refractivity contribution in [3.05, 3.63) is 100.0 Å². The lowest BCUT2D eigenvalue weighted by atomic mass is 9.97. The molecule has 2 aromatic heterocycles. The fourth-order valence-electron chi connectivity index (χ4n) is 4.58. The second-order valence-corrected chi connectivity index (χ2v) is 9.29. The van der Waals surface area contributed by atoms with Gasteiger partial charge >= 0.3 is 0 Å². The lowest BCUT2D eigenvalue weighted by Crippen LogP contribution is -2.35. The first-order valence-electron chi connectivity index (χ1n) is 11.9. The van der Waals surface area contributed by atoms with Gasteiger partial charge in [0.05, 0.1) is 11.4 Å². The van der Waals surface area contributed by atoms with Crippen LogP contribution >= 0.6 is 0 Å². The van der Waals surface area contributed by atoms with Crippen LogP contribution < -0.4 is 10.9 Å². The number of pyridine rings is 1. The number of hydrogen-bond donors (Lipinski definition) is 1. The van der Waals surface area contributed by atoms with Gasteiger partial charge in [-0.3, -0.25) is 14.6 Å². The van der Waals surface area contributed by atoms with Crippen LogP contribution in [0.5, 0.6) is 0 Å². The van der Waals surface area contributed by atoms with Crippen molar-refractivity contribution in [3.63, 3.8) is 0 Å². The molecule has 1 amide bonds. The molecule has 0 saturated carbocycles. The van der Waals surface area contributed by atoms with Crippen LogP contribution in [0.3, 0.4) is 0 Å². The molecule has 4 aromatic rings. The third kappa shape index (κ3) is 5.28. The smallest absolute Gasteiger partial charge is 0.276 e. The molecule has 0 radical (unpaired) electrons. The highest BCUT2D eigenvalue weighted by Crippen LogP contribution is 2.26. The first kappa shape index (κ1) is 25.1. The zero-order chi connectivity index (χ0) is 25.8. The number of anilines is 1. The highest BCUT2D eigenvalue weighted by atomic mass is 16.2. The van der Waals surface area contributed by atoms with E-state index in [-0.39, 0.29) is 23.6 Å². The molecule has 0 spiro atoms. The summed E-state index contributed by atoms with van der Waals surface area (Å²) in [6, 6.07) is 21.1. The van der Waals surface area contributed by atoms with Gasteiger partial charge in [-0.15, -0.1) is 0 Å². The van der Waals surface area contributed by atoms with Gasteiger partial charge in [-0.25, -0.2) is 4.68 Å². The van der Waals surface area contributed by atoms with E-state index in [2.05, 4.69) is 27.2 Å². The number of fused-ring (bicyclic) bond motifs is 1. The van der Waals surface area contributed by atoms with Crippen LogP contribution in [0.25, 0.3) is 10.9 Å². The molecule has 2 aromatic carbocycles. The summed E-state index contributed by atoms with van der Waals surface area (Å²) in [6.07, 6.45) is 1.66. The number of carbonyl (C=O) groups excluding carboxylic acids is 1. The number of likely N-dealkylation sites (N-methyl/N-ethyl adjacent to an activating group) is 1. The maximum Gasteiger partial charge on any atom is 0.276 e. The summed E-state index contributed by atoms with van der Waals surface area (Å²) in [5, 5.41) is 8.42. The van der Waals surface area contributed by atoms with Crippen molar-refractivity contribution in [1.82, 2.24) is 24.6 Å². The second kappa shape index (κ2) is 10.7. The average Bonchev–Trinajstić information content (AvgIpc) is 2.87. The average molecular weight is 485 g/mol. The van der Waals surface area contributed by atoms with Crippen LogP contribution in [-0.2, 0) is 13.6 Å². The van der Waals surface area contributed by atoms with Gasteiger partial charge in [0, 0.05) is 38.4 Å². The van der Waals surface area contributed by atoms with Crippen molar-refractivity contribution >= 4 is 22.6 Å². The number of carbonyl (C=O) groups is 1. The summed E-state index contributed by atoms with van der Waals surface area (Å²) in [4.78, 5) is 33.7. The number of hydrogen-bond acceptors (Lipinski definition) is 6. The molecule has 0 aliphatic heterocycles. The van der Waals surface area contributed by atoms with Crippen molar-refractivity contribution in [1.29, 1.82) is 0 Å². The maximum atomic E-state index is 13.0. The Kier molecular flexibility index (Phi) is 7.45. The monoisotopic (exact) mass is 484 g/mol. The Morgan fingerprint density at radius 3 is 2.36 bits per heavy atom. The van der Waals surface area contributed by atoms with Crippen molar-refractivity contribution in [3.8, 4) is 0 Å². The third-order valence-corrected chi connectivity index (χ3v) is 6.31. The highest BCUT2D eigenvalue weighted by Gasteiger charge is 2.24. The van der Waals surface area contributed by atoms with Gasteiger partial charge in [0.2, 0.25) is 0 Å². The zero-order valence-electron chi connectivity index (χ0n) is 21.3. The fraction of sp³-hybridized carbons (Fsp3) is 0.286. The Morgan fingerprint density at radius 2 is 1.69 bits per heavy atom. The quantitative estimate of drug-likeness (QED) is 0.411. The topological polar surface area (TPSA) is 83.4 Å². The van der Waals surface area contributed by atoms with E-state index >= 15 is 0 Å². The minimum atomic E-state index is -0.182. The van der Waals surface area contributed by atoms with Gasteiger partial charge in [-0.05, 0) is 56.4 Å². The first-order chi connectivity index (χ1) is 17.3. The third-order valence-electron chi connectivity index (χ3n) is 6.31. The fourth-order valence-corrected chi connectivity index (χ4v) is 4.58. The predicted molar refractivity (Wildman–Crippen MR) is 143 cm³/mol. The summed E-state index contributed by atoms with van der Waals surface area (Å²) in [5.41, 5.74) is 3.16. The molecule has 0 bridgehead atoms. The molecule has 8 heteroatoms. The van der Waals surface area contributed by atoms with E-state index in [1.807, 2.05) is 75.7 Å². The number of nitrogens with one attached hydrogen (secondary N) is 1. The number of amides is 1. The molecule has 1 N–H and O–H groups in total. The number of aromatic nitrogens is 3. The molecule has 0 aliphatic rings. The largest absolute Gasteiger partial charge is 0.362 e. The first-order valence-corrected chi connectivity index (χ1v) is 11.9. The van der Waals surface area contributed by atoms with E-state index < -0.39 is 0 Å². The number of benzene rings is 2. The summed E-state index contributed by atoms with van der Waals surface area (Å²) < 4.78 is 1.33. The molecule has 186 valence electrons. The van der Waals surface area contributed by atoms with Gasteiger partial charge < -0.3 is 15.1 Å². The number of nitrogens with zero attached hydrogens (tertiary/aromatic N) is 5. The van der Waals surface area contributed by atoms with Crippen LogP contribution in [-0.4, -0.2) is 57.7 Å². The molecule has 0 saturated heterocycles. The lowest BCUT2D eigenvalue weighted by molar-refractivity contribution is 0.0785. The number of rotatable bonds is 8. The Labute approximate surface area is 211 Å². The highest BCUT2D eigenvalue weighted by molar-refractivity contribution is 5.94.